The van der Waals surface area contributed by atoms with Gasteiger partial charge in [-0.15, -0.1) is 0 Å². The summed E-state index contributed by atoms with van der Waals surface area (Å²) in [6.45, 7) is 2.56. The molecule has 0 bridgehead atoms. The first-order valence-corrected chi connectivity index (χ1v) is 9.90. The molecule has 0 saturated heterocycles. The summed E-state index contributed by atoms with van der Waals surface area (Å²) in [6.07, 6.45) is -2.61. The van der Waals surface area contributed by atoms with Crippen LogP contribution in [0, 0.1) is 5.41 Å². The van der Waals surface area contributed by atoms with Gasteiger partial charge in [0, 0.05) is 5.41 Å². The van der Waals surface area contributed by atoms with Crippen LogP contribution in [0.25, 0.3) is 0 Å². The van der Waals surface area contributed by atoms with E-state index in [9.17, 15) is 18.0 Å². The molecule has 2 aromatic rings. The lowest BCUT2D eigenvalue weighted by Crippen LogP contribution is -2.21. The molecular formula is C22H22ClF3O4. The van der Waals surface area contributed by atoms with Crippen LogP contribution >= 0.6 is 11.6 Å². The van der Waals surface area contributed by atoms with Crippen LogP contribution in [-0.2, 0) is 11.0 Å². The van der Waals surface area contributed by atoms with E-state index in [-0.39, 0.29) is 28.5 Å². The highest BCUT2D eigenvalue weighted by Gasteiger charge is 2.45. The van der Waals surface area contributed by atoms with Crippen LogP contribution in [-0.4, -0.2) is 24.3 Å². The van der Waals surface area contributed by atoms with E-state index < -0.39 is 17.7 Å². The summed E-state index contributed by atoms with van der Waals surface area (Å²) in [5, 5.41) is 8.81. The first-order chi connectivity index (χ1) is 14.1. The predicted octanol–water partition coefficient (Wildman–Crippen LogP) is 6.18. The first-order valence-electron chi connectivity index (χ1n) is 9.52. The summed E-state index contributed by atoms with van der Waals surface area (Å²) >= 11 is 5.94. The highest BCUT2D eigenvalue weighted by atomic mass is 35.5. The molecule has 1 N–H and O–H groups in total. The number of hydrogen-bond acceptors (Lipinski definition) is 3. The average Bonchev–Trinajstić information content (AvgIpc) is 3.45. The second kappa shape index (κ2) is 8.76. The lowest BCUT2D eigenvalue weighted by atomic mass is 9.98. The number of aliphatic carboxylic acids is 1. The molecule has 0 spiro atoms. The number of rotatable bonds is 9. The second-order valence-corrected chi connectivity index (χ2v) is 8.20. The molecule has 1 saturated carbocycles. The van der Waals surface area contributed by atoms with Gasteiger partial charge in [0.2, 0.25) is 0 Å². The van der Waals surface area contributed by atoms with Gasteiger partial charge in [-0.1, -0.05) is 30.7 Å². The third-order valence-electron chi connectivity index (χ3n) is 5.23. The number of hydrogen-bond donors (Lipinski definition) is 1. The molecule has 1 fully saturated rings. The molecule has 1 atom stereocenters. The van der Waals surface area contributed by atoms with Gasteiger partial charge in [-0.05, 0) is 54.7 Å². The van der Waals surface area contributed by atoms with Crippen LogP contribution in [0.4, 0.5) is 13.2 Å². The molecule has 0 heterocycles. The standard InChI is InChI=1S/C22H22ClF3O4/c1-14(10-20(27)28)15-2-5-17(6-3-15)29-12-21(8-9-21)13-30-19-7-4-16(11-18(19)23)22(24,25)26/h2-7,11,14H,8-10,12-13H2,1H3,(H,27,28). The minimum atomic E-state index is -4.45. The van der Waals surface area contributed by atoms with Crippen molar-refractivity contribution < 1.29 is 32.5 Å². The molecule has 1 aliphatic carbocycles. The van der Waals surface area contributed by atoms with E-state index in [1.165, 1.54) is 6.07 Å². The van der Waals surface area contributed by atoms with E-state index in [2.05, 4.69) is 0 Å². The quantitative estimate of drug-likeness (QED) is 0.504. The summed E-state index contributed by atoms with van der Waals surface area (Å²) in [7, 11) is 0. The monoisotopic (exact) mass is 442 g/mol. The lowest BCUT2D eigenvalue weighted by molar-refractivity contribution is -0.138. The van der Waals surface area contributed by atoms with Crippen LogP contribution in [0.15, 0.2) is 42.5 Å². The fourth-order valence-electron chi connectivity index (χ4n) is 3.04. The number of carboxylic acids is 1. The fourth-order valence-corrected chi connectivity index (χ4v) is 3.28. The molecule has 162 valence electrons. The van der Waals surface area contributed by atoms with E-state index in [0.717, 1.165) is 30.5 Å². The zero-order valence-electron chi connectivity index (χ0n) is 16.3. The minimum absolute atomic E-state index is 0.0627. The maximum absolute atomic E-state index is 12.7. The van der Waals surface area contributed by atoms with Gasteiger partial charge in [0.05, 0.1) is 30.2 Å². The topological polar surface area (TPSA) is 55.8 Å². The number of halogens is 4. The van der Waals surface area contributed by atoms with Gasteiger partial charge in [0.1, 0.15) is 11.5 Å². The zero-order chi connectivity index (χ0) is 21.9. The Morgan fingerprint density at radius 1 is 1.13 bits per heavy atom. The van der Waals surface area contributed by atoms with Crippen molar-refractivity contribution >= 4 is 17.6 Å². The number of benzene rings is 2. The molecule has 2 aromatic carbocycles. The summed E-state index contributed by atoms with van der Waals surface area (Å²) in [6, 6.07) is 10.3. The lowest BCUT2D eigenvalue weighted by Gasteiger charge is -2.18. The van der Waals surface area contributed by atoms with Crippen LogP contribution in [0.2, 0.25) is 5.02 Å². The van der Waals surface area contributed by atoms with Crippen molar-refractivity contribution in [2.75, 3.05) is 13.2 Å². The summed E-state index contributed by atoms with van der Waals surface area (Å²) in [4.78, 5) is 10.8. The van der Waals surface area contributed by atoms with E-state index in [0.29, 0.717) is 19.0 Å². The Bertz CT molecular complexity index is 892. The Balaban J connectivity index is 1.52. The van der Waals surface area contributed by atoms with Gasteiger partial charge < -0.3 is 14.6 Å². The predicted molar refractivity (Wildman–Crippen MR) is 106 cm³/mol. The van der Waals surface area contributed by atoms with Crippen LogP contribution < -0.4 is 9.47 Å². The summed E-state index contributed by atoms with van der Waals surface area (Å²) < 4.78 is 49.7. The minimum Gasteiger partial charge on any atom is -0.493 e. The van der Waals surface area contributed by atoms with Gasteiger partial charge >= 0.3 is 12.1 Å². The molecule has 0 aromatic heterocycles. The Morgan fingerprint density at radius 3 is 2.30 bits per heavy atom. The number of alkyl halides is 3. The Labute approximate surface area is 177 Å². The molecule has 0 aliphatic heterocycles. The van der Waals surface area contributed by atoms with E-state index in [4.69, 9.17) is 26.2 Å². The highest BCUT2D eigenvalue weighted by molar-refractivity contribution is 6.32. The molecule has 0 amide bonds. The van der Waals surface area contributed by atoms with Gasteiger partial charge in [-0.3, -0.25) is 4.79 Å². The Morgan fingerprint density at radius 2 is 1.77 bits per heavy atom. The fraction of sp³-hybridized carbons (Fsp3) is 0.409. The maximum atomic E-state index is 12.7. The molecule has 1 unspecified atom stereocenters. The van der Waals surface area contributed by atoms with Crippen molar-refractivity contribution in [1.82, 2.24) is 0 Å². The van der Waals surface area contributed by atoms with Gasteiger partial charge in [0.15, 0.2) is 0 Å². The maximum Gasteiger partial charge on any atom is 0.416 e. The molecule has 4 nitrogen and oxygen atoms in total. The SMILES string of the molecule is CC(CC(=O)O)c1ccc(OCC2(COc3ccc(C(F)(F)F)cc3Cl)CC2)cc1. The second-order valence-electron chi connectivity index (χ2n) is 7.79. The summed E-state index contributed by atoms with van der Waals surface area (Å²) in [5.41, 5.74) is -0.0852. The Hall–Kier alpha value is -2.41. The van der Waals surface area contributed by atoms with Gasteiger partial charge in [0.25, 0.3) is 0 Å². The van der Waals surface area contributed by atoms with Crippen molar-refractivity contribution in [3.05, 3.63) is 58.6 Å². The van der Waals surface area contributed by atoms with Gasteiger partial charge in [-0.2, -0.15) is 13.2 Å². The van der Waals surface area contributed by atoms with Crippen molar-refractivity contribution in [3.63, 3.8) is 0 Å². The third-order valence-corrected chi connectivity index (χ3v) is 5.52. The van der Waals surface area contributed by atoms with Crippen molar-refractivity contribution in [3.8, 4) is 11.5 Å². The highest BCUT2D eigenvalue weighted by Crippen LogP contribution is 2.47. The third kappa shape index (κ3) is 5.81. The first kappa shape index (κ1) is 22.3. The van der Waals surface area contributed by atoms with Crippen LogP contribution in [0.1, 0.15) is 43.2 Å². The zero-order valence-corrected chi connectivity index (χ0v) is 17.1. The smallest absolute Gasteiger partial charge is 0.416 e. The number of carbonyl (C=O) groups is 1. The van der Waals surface area contributed by atoms with Crippen molar-refractivity contribution in [2.24, 2.45) is 5.41 Å². The summed E-state index contributed by atoms with van der Waals surface area (Å²) in [5.74, 6) is -0.0484. The Kier molecular flexibility index (Phi) is 6.50. The molecule has 3 rings (SSSR count). The van der Waals surface area contributed by atoms with E-state index in [1.807, 2.05) is 19.1 Å². The van der Waals surface area contributed by atoms with E-state index in [1.54, 1.807) is 12.1 Å². The average molecular weight is 443 g/mol. The molecule has 1 aliphatic rings. The normalized spacial score (nSPS) is 16.0. The van der Waals surface area contributed by atoms with Gasteiger partial charge in [-0.25, -0.2) is 0 Å². The number of ether oxygens (including phenoxy) is 2. The molecular weight excluding hydrogens is 421 g/mol. The van der Waals surface area contributed by atoms with E-state index >= 15 is 0 Å². The molecule has 0 radical (unpaired) electrons. The van der Waals surface area contributed by atoms with Crippen LogP contribution in [0.3, 0.4) is 0 Å². The number of carboxylic acid groups (broad SMARTS) is 1. The molecule has 30 heavy (non-hydrogen) atoms. The largest absolute Gasteiger partial charge is 0.493 e. The van der Waals surface area contributed by atoms with Crippen LogP contribution in [0.5, 0.6) is 11.5 Å². The van der Waals surface area contributed by atoms with Crippen molar-refractivity contribution in [2.45, 2.75) is 38.3 Å². The van der Waals surface area contributed by atoms with Crippen molar-refractivity contribution in [1.29, 1.82) is 0 Å². The molecule has 8 heteroatoms.